The van der Waals surface area contributed by atoms with Crippen LogP contribution in [0, 0.1) is 0 Å². The summed E-state index contributed by atoms with van der Waals surface area (Å²) in [5.41, 5.74) is 4.84. The van der Waals surface area contributed by atoms with E-state index in [2.05, 4.69) is 14.8 Å². The number of ether oxygens (including phenoxy) is 3. The van der Waals surface area contributed by atoms with E-state index in [-0.39, 0.29) is 19.1 Å². The molecule has 0 aromatic heterocycles. The van der Waals surface area contributed by atoms with Gasteiger partial charge in [-0.25, -0.2) is 4.79 Å². The van der Waals surface area contributed by atoms with E-state index >= 15 is 0 Å². The molecule has 182 valence electrons. The van der Waals surface area contributed by atoms with Crippen molar-refractivity contribution < 1.29 is 36.6 Å². The standard InChI is InChI=1S/C26H21F4NO4/c27-24(28)34-22-12-11-16(14-23(22)35-25(29)30)6-5-13-31-26(32)33-15-21-19-9-3-1-7-17(19)18-8-2-4-10-20(18)21/h1-12,14,21,24-25H,13,15H2,(H,31,32). The van der Waals surface area contributed by atoms with Crippen molar-refractivity contribution in [1.29, 1.82) is 0 Å². The Kier molecular flexibility index (Phi) is 7.54. The van der Waals surface area contributed by atoms with Crippen molar-refractivity contribution in [3.05, 3.63) is 89.5 Å². The Labute approximate surface area is 198 Å². The molecule has 0 aliphatic heterocycles. The van der Waals surface area contributed by atoms with Crippen molar-refractivity contribution in [3.8, 4) is 22.6 Å². The Morgan fingerprint density at radius 2 is 1.46 bits per heavy atom. The second-order valence-corrected chi connectivity index (χ2v) is 7.57. The maximum absolute atomic E-state index is 12.6. The zero-order valence-electron chi connectivity index (χ0n) is 18.3. The van der Waals surface area contributed by atoms with Gasteiger partial charge in [-0.15, -0.1) is 0 Å². The normalized spacial score (nSPS) is 12.6. The number of alkyl halides is 4. The van der Waals surface area contributed by atoms with E-state index in [1.165, 1.54) is 12.1 Å². The third kappa shape index (κ3) is 5.92. The van der Waals surface area contributed by atoms with E-state index in [0.717, 1.165) is 34.4 Å². The molecule has 0 unspecified atom stereocenters. The van der Waals surface area contributed by atoms with E-state index in [9.17, 15) is 22.4 Å². The first kappa shape index (κ1) is 24.1. The molecule has 1 amide bonds. The molecular weight excluding hydrogens is 466 g/mol. The van der Waals surface area contributed by atoms with Crippen LogP contribution in [0.5, 0.6) is 11.5 Å². The van der Waals surface area contributed by atoms with Crippen molar-refractivity contribution in [2.24, 2.45) is 0 Å². The average Bonchev–Trinajstić information content (AvgIpc) is 3.15. The Balaban J connectivity index is 1.32. The summed E-state index contributed by atoms with van der Waals surface area (Å²) in [6.45, 7) is -6.12. The summed E-state index contributed by atoms with van der Waals surface area (Å²) in [7, 11) is 0. The second-order valence-electron chi connectivity index (χ2n) is 7.57. The number of amides is 1. The number of nitrogens with one attached hydrogen (secondary N) is 1. The van der Waals surface area contributed by atoms with Gasteiger partial charge in [0, 0.05) is 12.5 Å². The lowest BCUT2D eigenvalue weighted by atomic mass is 9.98. The van der Waals surface area contributed by atoms with Gasteiger partial charge in [0.05, 0.1) is 0 Å². The molecule has 0 bridgehead atoms. The van der Waals surface area contributed by atoms with E-state index in [1.54, 1.807) is 6.08 Å². The molecule has 1 aliphatic carbocycles. The summed E-state index contributed by atoms with van der Waals surface area (Å²) in [5.74, 6) is -1.09. The minimum absolute atomic E-state index is 0.0640. The van der Waals surface area contributed by atoms with Crippen LogP contribution in [0.15, 0.2) is 72.8 Å². The molecule has 0 atom stereocenters. The van der Waals surface area contributed by atoms with E-state index in [1.807, 2.05) is 48.5 Å². The first-order chi connectivity index (χ1) is 16.9. The first-order valence-electron chi connectivity index (χ1n) is 10.7. The molecule has 1 N–H and O–H groups in total. The molecule has 4 rings (SSSR count). The zero-order valence-corrected chi connectivity index (χ0v) is 18.3. The molecule has 0 fully saturated rings. The average molecular weight is 487 g/mol. The third-order valence-electron chi connectivity index (χ3n) is 5.42. The van der Waals surface area contributed by atoms with Gasteiger partial charge in [0.25, 0.3) is 0 Å². The Morgan fingerprint density at radius 1 is 0.857 bits per heavy atom. The summed E-state index contributed by atoms with van der Waals surface area (Å²) >= 11 is 0. The minimum Gasteiger partial charge on any atom is -0.449 e. The van der Waals surface area contributed by atoms with Gasteiger partial charge in [0.2, 0.25) is 0 Å². The molecule has 3 aromatic rings. The fraction of sp³-hybridized carbons (Fsp3) is 0.192. The number of halogens is 4. The molecule has 0 radical (unpaired) electrons. The largest absolute Gasteiger partial charge is 0.449 e. The van der Waals surface area contributed by atoms with E-state index in [4.69, 9.17) is 4.74 Å². The lowest BCUT2D eigenvalue weighted by molar-refractivity contribution is -0.0692. The predicted molar refractivity (Wildman–Crippen MR) is 122 cm³/mol. The fourth-order valence-corrected chi connectivity index (χ4v) is 4.00. The molecule has 0 saturated carbocycles. The van der Waals surface area contributed by atoms with Crippen LogP contribution >= 0.6 is 0 Å². The summed E-state index contributed by atoms with van der Waals surface area (Å²) in [5, 5.41) is 2.59. The maximum atomic E-state index is 12.6. The Hall–Kier alpha value is -4.01. The summed E-state index contributed by atoms with van der Waals surface area (Å²) < 4.78 is 63.9. The van der Waals surface area contributed by atoms with Crippen LogP contribution in [-0.4, -0.2) is 32.5 Å². The number of alkyl carbamates (subject to hydrolysis) is 1. The number of fused-ring (bicyclic) bond motifs is 3. The number of carbonyl (C=O) groups excluding carboxylic acids is 1. The topological polar surface area (TPSA) is 56.8 Å². The van der Waals surface area contributed by atoms with Crippen LogP contribution in [0.2, 0.25) is 0 Å². The van der Waals surface area contributed by atoms with E-state index in [0.29, 0.717) is 5.56 Å². The fourth-order valence-electron chi connectivity index (χ4n) is 4.00. The highest BCUT2D eigenvalue weighted by molar-refractivity contribution is 5.79. The van der Waals surface area contributed by atoms with Gasteiger partial charge in [-0.2, -0.15) is 17.6 Å². The van der Waals surface area contributed by atoms with Crippen LogP contribution < -0.4 is 14.8 Å². The van der Waals surface area contributed by atoms with Gasteiger partial charge in [0.1, 0.15) is 6.61 Å². The van der Waals surface area contributed by atoms with Crippen LogP contribution in [0.4, 0.5) is 22.4 Å². The van der Waals surface area contributed by atoms with Crippen LogP contribution in [0.25, 0.3) is 17.2 Å². The van der Waals surface area contributed by atoms with Crippen molar-refractivity contribution in [2.75, 3.05) is 13.2 Å². The number of benzene rings is 3. The molecule has 5 nitrogen and oxygen atoms in total. The maximum Gasteiger partial charge on any atom is 0.407 e. The van der Waals surface area contributed by atoms with Gasteiger partial charge in [0.15, 0.2) is 11.5 Å². The number of hydrogen-bond acceptors (Lipinski definition) is 4. The monoisotopic (exact) mass is 487 g/mol. The summed E-state index contributed by atoms with van der Waals surface area (Å²) in [4.78, 5) is 12.2. The van der Waals surface area contributed by atoms with Crippen molar-refractivity contribution in [3.63, 3.8) is 0 Å². The molecule has 9 heteroatoms. The quantitative estimate of drug-likeness (QED) is 0.353. The zero-order chi connectivity index (χ0) is 24.8. The van der Waals surface area contributed by atoms with Gasteiger partial charge >= 0.3 is 19.3 Å². The lowest BCUT2D eigenvalue weighted by Crippen LogP contribution is -2.26. The second kappa shape index (κ2) is 10.9. The third-order valence-corrected chi connectivity index (χ3v) is 5.42. The van der Waals surface area contributed by atoms with Crippen molar-refractivity contribution >= 4 is 12.2 Å². The predicted octanol–water partition coefficient (Wildman–Crippen LogP) is 6.44. The SMILES string of the molecule is O=C(NCC=Cc1ccc(OC(F)F)c(OC(F)F)c1)OCC1c2ccccc2-c2ccccc21. The van der Waals surface area contributed by atoms with Crippen molar-refractivity contribution in [1.82, 2.24) is 5.32 Å². The first-order valence-corrected chi connectivity index (χ1v) is 10.7. The minimum atomic E-state index is -3.20. The van der Waals surface area contributed by atoms with Gasteiger partial charge < -0.3 is 19.5 Å². The molecule has 0 heterocycles. The van der Waals surface area contributed by atoms with Crippen LogP contribution in [-0.2, 0) is 4.74 Å². The number of rotatable bonds is 9. The van der Waals surface area contributed by atoms with Gasteiger partial charge in [-0.3, -0.25) is 0 Å². The lowest BCUT2D eigenvalue weighted by Gasteiger charge is -2.14. The highest BCUT2D eigenvalue weighted by Gasteiger charge is 2.28. The van der Waals surface area contributed by atoms with E-state index < -0.39 is 30.8 Å². The van der Waals surface area contributed by atoms with Gasteiger partial charge in [-0.1, -0.05) is 66.7 Å². The molecule has 0 saturated heterocycles. The number of hydrogen-bond donors (Lipinski definition) is 1. The van der Waals surface area contributed by atoms with Crippen LogP contribution in [0.1, 0.15) is 22.6 Å². The summed E-state index contributed by atoms with van der Waals surface area (Å²) in [6, 6.07) is 19.6. The Bertz CT molecular complexity index is 1170. The number of carbonyl (C=O) groups is 1. The van der Waals surface area contributed by atoms with Crippen molar-refractivity contribution in [2.45, 2.75) is 19.1 Å². The molecule has 0 spiro atoms. The van der Waals surface area contributed by atoms with Gasteiger partial charge in [-0.05, 0) is 39.9 Å². The van der Waals surface area contributed by atoms with Crippen LogP contribution in [0.3, 0.4) is 0 Å². The molecule has 3 aromatic carbocycles. The highest BCUT2D eigenvalue weighted by Crippen LogP contribution is 2.44. The summed E-state index contributed by atoms with van der Waals surface area (Å²) in [6.07, 6.45) is 2.45. The smallest absolute Gasteiger partial charge is 0.407 e. The molecule has 1 aliphatic rings. The highest BCUT2D eigenvalue weighted by atomic mass is 19.3. The molecular formula is C26H21F4NO4. The Morgan fingerprint density at radius 3 is 2.09 bits per heavy atom. The molecule has 35 heavy (non-hydrogen) atoms.